The summed E-state index contributed by atoms with van der Waals surface area (Å²) in [6, 6.07) is 6.95. The molecule has 2 aliphatic rings. The number of hydrogen-bond donors (Lipinski definition) is 0. The van der Waals surface area contributed by atoms with Crippen LogP contribution in [0.5, 0.6) is 0 Å². The van der Waals surface area contributed by atoms with Crippen LogP contribution in [0.1, 0.15) is 37.7 Å². The lowest BCUT2D eigenvalue weighted by Gasteiger charge is -2.25. The average molecular weight is 348 g/mol. The van der Waals surface area contributed by atoms with Gasteiger partial charge in [0.2, 0.25) is 5.91 Å². The first-order chi connectivity index (χ1) is 12.2. The third kappa shape index (κ3) is 5.51. The molecule has 25 heavy (non-hydrogen) atoms. The van der Waals surface area contributed by atoms with Crippen molar-refractivity contribution in [3.63, 3.8) is 0 Å². The Hall–Kier alpha value is -1.46. The number of rotatable bonds is 5. The Kier molecular flexibility index (Phi) is 6.82. The molecule has 0 saturated carbocycles. The smallest absolute Gasteiger partial charge is 0.222 e. The first-order valence-electron chi connectivity index (χ1n) is 9.53. The summed E-state index contributed by atoms with van der Waals surface area (Å²) in [5, 5.41) is 0. The normalized spacial score (nSPS) is 22.6. The first-order valence-corrected chi connectivity index (χ1v) is 9.53. The van der Waals surface area contributed by atoms with Gasteiger partial charge in [0.05, 0.1) is 0 Å². The van der Waals surface area contributed by atoms with Gasteiger partial charge in [-0.3, -0.25) is 9.69 Å². The minimum absolute atomic E-state index is 0.144. The molecule has 2 saturated heterocycles. The van der Waals surface area contributed by atoms with Gasteiger partial charge < -0.3 is 9.64 Å². The minimum atomic E-state index is -0.144. The zero-order valence-corrected chi connectivity index (χ0v) is 15.0. The molecule has 5 heteroatoms. The van der Waals surface area contributed by atoms with Gasteiger partial charge in [-0.1, -0.05) is 18.2 Å². The lowest BCUT2D eigenvalue weighted by Crippen LogP contribution is -2.35. The van der Waals surface area contributed by atoms with Gasteiger partial charge in [-0.15, -0.1) is 0 Å². The molecule has 1 aromatic rings. The Labute approximate surface area is 149 Å². The summed E-state index contributed by atoms with van der Waals surface area (Å²) in [5.41, 5.74) is 0.736. The van der Waals surface area contributed by atoms with Crippen LogP contribution in [0.2, 0.25) is 0 Å². The van der Waals surface area contributed by atoms with Gasteiger partial charge in [-0.05, 0) is 37.7 Å². The number of hydrogen-bond acceptors (Lipinski definition) is 3. The molecule has 2 fully saturated rings. The predicted octanol–water partition coefficient (Wildman–Crippen LogP) is 3.07. The Morgan fingerprint density at radius 2 is 2.04 bits per heavy atom. The third-order valence-corrected chi connectivity index (χ3v) is 5.31. The molecule has 0 N–H and O–H groups in total. The molecular weight excluding hydrogens is 319 g/mol. The molecule has 1 amide bonds. The largest absolute Gasteiger partial charge is 0.381 e. The highest BCUT2D eigenvalue weighted by Crippen LogP contribution is 2.20. The number of ether oxygens (including phenoxy) is 1. The molecule has 2 heterocycles. The van der Waals surface area contributed by atoms with Gasteiger partial charge >= 0.3 is 0 Å². The Morgan fingerprint density at radius 1 is 1.16 bits per heavy atom. The number of nitrogens with zero attached hydrogens (tertiary/aromatic N) is 2. The van der Waals surface area contributed by atoms with Crippen molar-refractivity contribution >= 4 is 5.91 Å². The maximum atomic E-state index is 13.8. The molecule has 0 radical (unpaired) electrons. The highest BCUT2D eigenvalue weighted by molar-refractivity contribution is 5.76. The lowest BCUT2D eigenvalue weighted by atomic mass is 9.96. The van der Waals surface area contributed by atoms with E-state index >= 15 is 0 Å². The maximum absolute atomic E-state index is 13.8. The van der Waals surface area contributed by atoms with Crippen LogP contribution in [-0.2, 0) is 16.1 Å². The monoisotopic (exact) mass is 348 g/mol. The van der Waals surface area contributed by atoms with Crippen molar-refractivity contribution in [2.24, 2.45) is 5.92 Å². The fourth-order valence-electron chi connectivity index (χ4n) is 3.77. The summed E-state index contributed by atoms with van der Waals surface area (Å²) in [5.74, 6) is 0.662. The van der Waals surface area contributed by atoms with E-state index in [1.165, 1.54) is 12.5 Å². The van der Waals surface area contributed by atoms with E-state index in [0.29, 0.717) is 18.9 Å². The van der Waals surface area contributed by atoms with Crippen LogP contribution in [0.3, 0.4) is 0 Å². The van der Waals surface area contributed by atoms with Gasteiger partial charge in [0.1, 0.15) is 5.82 Å². The van der Waals surface area contributed by atoms with Crippen LogP contribution in [0, 0.1) is 11.7 Å². The molecular formula is C20H29FN2O2. The molecule has 0 aromatic heterocycles. The minimum Gasteiger partial charge on any atom is -0.381 e. The quantitative estimate of drug-likeness (QED) is 0.820. The predicted molar refractivity (Wildman–Crippen MR) is 95.7 cm³/mol. The van der Waals surface area contributed by atoms with E-state index < -0.39 is 0 Å². The van der Waals surface area contributed by atoms with Crippen LogP contribution >= 0.6 is 0 Å². The second-order valence-corrected chi connectivity index (χ2v) is 7.22. The molecule has 3 rings (SSSR count). The van der Waals surface area contributed by atoms with E-state index in [-0.39, 0.29) is 11.7 Å². The van der Waals surface area contributed by atoms with Crippen molar-refractivity contribution in [1.82, 2.24) is 9.80 Å². The third-order valence-electron chi connectivity index (χ3n) is 5.31. The number of halogens is 1. The second-order valence-electron chi connectivity index (χ2n) is 7.22. The second kappa shape index (κ2) is 9.30. The van der Waals surface area contributed by atoms with Gasteiger partial charge in [0.25, 0.3) is 0 Å². The van der Waals surface area contributed by atoms with Crippen molar-refractivity contribution in [3.05, 3.63) is 35.6 Å². The first kappa shape index (κ1) is 18.3. The average Bonchev–Trinajstić information content (AvgIpc) is 2.88. The number of carbonyl (C=O) groups excluding carboxylic acids is 1. The highest BCUT2D eigenvalue weighted by atomic mass is 19.1. The molecule has 0 aliphatic carbocycles. The van der Waals surface area contributed by atoms with Gasteiger partial charge in [-0.2, -0.15) is 0 Å². The van der Waals surface area contributed by atoms with Crippen molar-refractivity contribution < 1.29 is 13.9 Å². The van der Waals surface area contributed by atoms with E-state index in [9.17, 15) is 9.18 Å². The van der Waals surface area contributed by atoms with E-state index in [4.69, 9.17) is 4.74 Å². The summed E-state index contributed by atoms with van der Waals surface area (Å²) >= 11 is 0. The molecule has 0 unspecified atom stereocenters. The van der Waals surface area contributed by atoms with E-state index in [1.54, 1.807) is 6.07 Å². The van der Waals surface area contributed by atoms with Crippen LogP contribution in [0.15, 0.2) is 24.3 Å². The Morgan fingerprint density at radius 3 is 2.84 bits per heavy atom. The molecule has 4 nitrogen and oxygen atoms in total. The Bertz CT molecular complexity index is 560. The van der Waals surface area contributed by atoms with Crippen molar-refractivity contribution in [2.75, 3.05) is 39.4 Å². The van der Waals surface area contributed by atoms with Gasteiger partial charge in [0.15, 0.2) is 0 Å². The molecule has 0 spiro atoms. The topological polar surface area (TPSA) is 32.8 Å². The van der Waals surface area contributed by atoms with Crippen LogP contribution < -0.4 is 0 Å². The molecule has 2 aliphatic heterocycles. The fraction of sp³-hybridized carbons (Fsp3) is 0.650. The van der Waals surface area contributed by atoms with Crippen LogP contribution in [-0.4, -0.2) is 55.1 Å². The fourth-order valence-corrected chi connectivity index (χ4v) is 3.77. The summed E-state index contributed by atoms with van der Waals surface area (Å²) in [6.45, 7) is 5.58. The van der Waals surface area contributed by atoms with Gasteiger partial charge in [-0.25, -0.2) is 4.39 Å². The number of benzene rings is 1. The molecule has 1 aromatic carbocycles. The van der Waals surface area contributed by atoms with Crippen molar-refractivity contribution in [1.29, 1.82) is 0 Å². The van der Waals surface area contributed by atoms with E-state index in [2.05, 4.69) is 4.90 Å². The maximum Gasteiger partial charge on any atom is 0.222 e. The zero-order valence-electron chi connectivity index (χ0n) is 15.0. The van der Waals surface area contributed by atoms with Crippen LogP contribution in [0.25, 0.3) is 0 Å². The zero-order chi connectivity index (χ0) is 17.5. The molecule has 0 bridgehead atoms. The molecule has 1 atom stereocenters. The summed E-state index contributed by atoms with van der Waals surface area (Å²) < 4.78 is 19.3. The SMILES string of the molecule is O=C(CC[C@H]1CCCOC1)N1CCCN(Cc2ccccc2F)CC1. The van der Waals surface area contributed by atoms with Crippen molar-refractivity contribution in [2.45, 2.75) is 38.6 Å². The van der Waals surface area contributed by atoms with E-state index in [1.807, 2.05) is 17.0 Å². The lowest BCUT2D eigenvalue weighted by molar-refractivity contribution is -0.131. The summed E-state index contributed by atoms with van der Waals surface area (Å²) in [6.07, 6.45) is 4.82. The molecule has 138 valence electrons. The highest BCUT2D eigenvalue weighted by Gasteiger charge is 2.21. The Balaban J connectivity index is 1.44. The number of amides is 1. The van der Waals surface area contributed by atoms with Crippen LogP contribution in [0.4, 0.5) is 4.39 Å². The summed E-state index contributed by atoms with van der Waals surface area (Å²) in [7, 11) is 0. The standard InChI is InChI=1S/C20H29FN2O2/c21-19-7-2-1-6-18(19)15-22-10-4-11-23(13-12-22)20(24)9-8-17-5-3-14-25-16-17/h1-2,6-7,17H,3-5,8-16H2/t17-/m1/s1. The van der Waals surface area contributed by atoms with Crippen molar-refractivity contribution in [3.8, 4) is 0 Å². The van der Waals surface area contributed by atoms with E-state index in [0.717, 1.165) is 64.2 Å². The number of carbonyl (C=O) groups is 1. The summed E-state index contributed by atoms with van der Waals surface area (Å²) in [4.78, 5) is 16.8. The van der Waals surface area contributed by atoms with Gasteiger partial charge in [0, 0.05) is 57.9 Å².